The highest BCUT2D eigenvalue weighted by Gasteiger charge is 2.22. The summed E-state index contributed by atoms with van der Waals surface area (Å²) in [6, 6.07) is 0. The molecule has 0 aliphatic heterocycles. The van der Waals surface area contributed by atoms with Crippen molar-refractivity contribution in [1.82, 2.24) is 0 Å². The molecule has 0 aromatic heterocycles. The van der Waals surface area contributed by atoms with Crippen LogP contribution in [0.1, 0.15) is 181 Å². The van der Waals surface area contributed by atoms with Gasteiger partial charge in [0.2, 0.25) is 0 Å². The largest absolute Gasteiger partial charge is 0.469 e. The van der Waals surface area contributed by atoms with Gasteiger partial charge < -0.3 is 19.3 Å². The van der Waals surface area contributed by atoms with Crippen LogP contribution in [0, 0.1) is 0 Å². The molecule has 280 valence electrons. The summed E-state index contributed by atoms with van der Waals surface area (Å²) in [4.78, 5) is 42.7. The van der Waals surface area contributed by atoms with Gasteiger partial charge in [0.1, 0.15) is 6.61 Å². The standard InChI is InChI=1S/C39H71O8P/c1-3-5-7-9-11-13-15-17-19-21-23-25-27-29-31-33-38(40)45-35-37(36-46-48(42,43)44)47-39(41)34-32-30-28-26-24-22-20-18-16-14-12-10-8-6-4-2/h17,19,23-26,37H,3-16,18,20-22,27-36H2,1-2H3,(H2,42,43,44)/b19-17+,25-23+,26-24+/t37-/m1/s1. The van der Waals surface area contributed by atoms with E-state index in [2.05, 4.69) is 54.8 Å². The Hall–Kier alpha value is -1.73. The van der Waals surface area contributed by atoms with Crippen LogP contribution in [0.5, 0.6) is 0 Å². The minimum atomic E-state index is -4.76. The number of hydrogen-bond donors (Lipinski definition) is 2. The van der Waals surface area contributed by atoms with Crippen molar-refractivity contribution in [3.63, 3.8) is 0 Å². The number of phosphoric acid groups is 1. The molecule has 0 saturated heterocycles. The lowest BCUT2D eigenvalue weighted by molar-refractivity contribution is -0.161. The van der Waals surface area contributed by atoms with Crippen LogP contribution in [-0.4, -0.2) is 41.0 Å². The van der Waals surface area contributed by atoms with E-state index in [-0.39, 0.29) is 19.4 Å². The van der Waals surface area contributed by atoms with Gasteiger partial charge in [-0.3, -0.25) is 14.1 Å². The molecule has 0 aromatic carbocycles. The lowest BCUT2D eigenvalue weighted by Crippen LogP contribution is -2.29. The van der Waals surface area contributed by atoms with E-state index < -0.39 is 32.5 Å². The summed E-state index contributed by atoms with van der Waals surface area (Å²) in [7, 11) is -4.76. The monoisotopic (exact) mass is 698 g/mol. The molecule has 0 bridgehead atoms. The van der Waals surface area contributed by atoms with Crippen molar-refractivity contribution in [1.29, 1.82) is 0 Å². The van der Waals surface area contributed by atoms with Crippen molar-refractivity contribution in [3.8, 4) is 0 Å². The Morgan fingerprint density at radius 2 is 0.938 bits per heavy atom. The summed E-state index contributed by atoms with van der Waals surface area (Å²) in [5.41, 5.74) is 0. The van der Waals surface area contributed by atoms with Gasteiger partial charge in [0.15, 0.2) is 6.10 Å². The Bertz CT molecular complexity index is 879. The molecule has 0 heterocycles. The number of carbonyl (C=O) groups is 2. The van der Waals surface area contributed by atoms with Crippen LogP contribution < -0.4 is 0 Å². The Morgan fingerprint density at radius 3 is 1.40 bits per heavy atom. The zero-order valence-electron chi connectivity index (χ0n) is 30.6. The minimum Gasteiger partial charge on any atom is -0.462 e. The van der Waals surface area contributed by atoms with Crippen LogP contribution in [-0.2, 0) is 28.2 Å². The molecule has 0 rings (SSSR count). The smallest absolute Gasteiger partial charge is 0.462 e. The van der Waals surface area contributed by atoms with Gasteiger partial charge >= 0.3 is 19.8 Å². The second-order valence-electron chi connectivity index (χ2n) is 12.9. The first-order valence-corrected chi connectivity index (χ1v) is 20.8. The van der Waals surface area contributed by atoms with Crippen molar-refractivity contribution in [2.75, 3.05) is 13.2 Å². The number of allylic oxidation sites excluding steroid dienone is 6. The third kappa shape index (κ3) is 37.1. The van der Waals surface area contributed by atoms with E-state index in [1.165, 1.54) is 96.3 Å². The van der Waals surface area contributed by atoms with Gasteiger partial charge in [0.25, 0.3) is 0 Å². The molecule has 0 aliphatic rings. The van der Waals surface area contributed by atoms with Crippen molar-refractivity contribution < 1.29 is 37.9 Å². The molecule has 0 aliphatic carbocycles. The third-order valence-electron chi connectivity index (χ3n) is 8.13. The minimum absolute atomic E-state index is 0.175. The third-order valence-corrected chi connectivity index (χ3v) is 8.62. The van der Waals surface area contributed by atoms with Gasteiger partial charge in [-0.05, 0) is 70.6 Å². The molecular formula is C39H71O8P. The maximum Gasteiger partial charge on any atom is 0.469 e. The van der Waals surface area contributed by atoms with E-state index in [1.54, 1.807) is 0 Å². The normalized spacial score (nSPS) is 12.8. The van der Waals surface area contributed by atoms with Crippen molar-refractivity contribution >= 4 is 19.8 Å². The first-order valence-electron chi connectivity index (χ1n) is 19.3. The predicted molar refractivity (Wildman–Crippen MR) is 198 cm³/mol. The molecule has 0 aromatic rings. The van der Waals surface area contributed by atoms with Crippen LogP contribution in [0.3, 0.4) is 0 Å². The quantitative estimate of drug-likeness (QED) is 0.0290. The highest BCUT2D eigenvalue weighted by Crippen LogP contribution is 2.36. The molecule has 0 unspecified atom stereocenters. The molecule has 9 heteroatoms. The van der Waals surface area contributed by atoms with Crippen LogP contribution in [0.15, 0.2) is 36.5 Å². The fraction of sp³-hybridized carbons (Fsp3) is 0.795. The fourth-order valence-electron chi connectivity index (χ4n) is 5.22. The van der Waals surface area contributed by atoms with Crippen molar-refractivity contribution in [2.24, 2.45) is 0 Å². The average molecular weight is 699 g/mol. The van der Waals surface area contributed by atoms with Gasteiger partial charge in [-0.15, -0.1) is 0 Å². The van der Waals surface area contributed by atoms with Gasteiger partial charge in [-0.25, -0.2) is 4.57 Å². The highest BCUT2D eigenvalue weighted by atomic mass is 31.2. The van der Waals surface area contributed by atoms with Crippen LogP contribution in [0.2, 0.25) is 0 Å². The number of hydrogen-bond acceptors (Lipinski definition) is 6. The molecule has 0 saturated carbocycles. The molecule has 0 amide bonds. The maximum absolute atomic E-state index is 12.3. The number of esters is 2. The highest BCUT2D eigenvalue weighted by molar-refractivity contribution is 7.46. The molecule has 1 atom stereocenters. The Morgan fingerprint density at radius 1 is 0.542 bits per heavy atom. The van der Waals surface area contributed by atoms with E-state index in [4.69, 9.17) is 19.3 Å². The van der Waals surface area contributed by atoms with Crippen LogP contribution in [0.4, 0.5) is 0 Å². The number of ether oxygens (including phenoxy) is 2. The summed E-state index contributed by atoms with van der Waals surface area (Å²) in [6.45, 7) is 3.62. The van der Waals surface area contributed by atoms with Gasteiger partial charge in [-0.2, -0.15) is 0 Å². The number of rotatable bonds is 35. The summed E-state index contributed by atoms with van der Waals surface area (Å²) in [5, 5.41) is 0. The fourth-order valence-corrected chi connectivity index (χ4v) is 5.58. The second-order valence-corrected chi connectivity index (χ2v) is 14.1. The Labute approximate surface area is 293 Å². The topological polar surface area (TPSA) is 119 Å². The number of phosphoric ester groups is 1. The van der Waals surface area contributed by atoms with E-state index in [1.807, 2.05) is 0 Å². The van der Waals surface area contributed by atoms with Crippen molar-refractivity contribution in [2.45, 2.75) is 187 Å². The van der Waals surface area contributed by atoms with Gasteiger partial charge in [0.05, 0.1) is 6.61 Å². The maximum atomic E-state index is 12.3. The second kappa shape index (κ2) is 35.1. The summed E-state index contributed by atoms with van der Waals surface area (Å²) < 4.78 is 26.3. The lowest BCUT2D eigenvalue weighted by Gasteiger charge is -2.18. The zero-order valence-corrected chi connectivity index (χ0v) is 31.5. The van der Waals surface area contributed by atoms with Crippen LogP contribution >= 0.6 is 7.82 Å². The van der Waals surface area contributed by atoms with E-state index in [9.17, 15) is 14.2 Å². The van der Waals surface area contributed by atoms with Gasteiger partial charge in [-0.1, -0.05) is 134 Å². The Balaban J connectivity index is 4.04. The first kappa shape index (κ1) is 46.3. The Kier molecular flexibility index (Phi) is 33.8. The molecular weight excluding hydrogens is 627 g/mol. The molecule has 48 heavy (non-hydrogen) atoms. The molecule has 8 nitrogen and oxygen atoms in total. The molecule has 0 fully saturated rings. The summed E-state index contributed by atoms with van der Waals surface area (Å²) >= 11 is 0. The lowest BCUT2D eigenvalue weighted by atomic mass is 10.1. The van der Waals surface area contributed by atoms with E-state index in [0.29, 0.717) is 12.8 Å². The number of carbonyl (C=O) groups excluding carboxylic acids is 2. The molecule has 2 N–H and O–H groups in total. The van der Waals surface area contributed by atoms with E-state index >= 15 is 0 Å². The summed E-state index contributed by atoms with van der Waals surface area (Å²) in [6.07, 6.45) is 40.1. The molecule has 0 radical (unpaired) electrons. The zero-order chi connectivity index (χ0) is 35.4. The van der Waals surface area contributed by atoms with Gasteiger partial charge in [0, 0.05) is 12.8 Å². The summed E-state index contributed by atoms with van der Waals surface area (Å²) in [5.74, 6) is -0.948. The van der Waals surface area contributed by atoms with Crippen LogP contribution in [0.25, 0.3) is 0 Å². The van der Waals surface area contributed by atoms with E-state index in [0.717, 1.165) is 44.9 Å². The predicted octanol–water partition coefficient (Wildman–Crippen LogP) is 11.4. The first-order chi connectivity index (χ1) is 23.3. The molecule has 0 spiro atoms. The average Bonchev–Trinajstić information content (AvgIpc) is 3.05. The van der Waals surface area contributed by atoms with Crippen molar-refractivity contribution in [3.05, 3.63) is 36.5 Å². The SMILES string of the molecule is CCCCCCCC/C=C/C/C=C/CCCCC(=O)OC[C@H](COP(=O)(O)O)OC(=O)CCCC/C=C/CCCCCCCCCCC. The number of unbranched alkanes of at least 4 members (excludes halogenated alkanes) is 19.